The summed E-state index contributed by atoms with van der Waals surface area (Å²) in [5.41, 5.74) is 9.31. The molecule has 3 atom stereocenters. The molecule has 0 bridgehead atoms. The van der Waals surface area contributed by atoms with Crippen LogP contribution in [0, 0.1) is 17.8 Å². The number of hydrogen-bond donors (Lipinski definition) is 9. The van der Waals surface area contributed by atoms with Gasteiger partial charge in [-0.15, -0.1) is 12.6 Å². The maximum absolute atomic E-state index is 13.4. The number of benzene rings is 2. The molecule has 9 amide bonds. The zero-order valence-electron chi connectivity index (χ0n) is 47.6. The van der Waals surface area contributed by atoms with Gasteiger partial charge in [-0.2, -0.15) is 0 Å². The SMILES string of the molecule is C/C(=C\C(NC(=O)CNC(=O)C(N(C)C)C(C)(C)c1ccccc1)C(C)C)C(=O)NOCc1ccc(NC(=O)C(CCCNC(N)=O)NC(=O)CNC(=O)CCCC(=O)N2CCC(C(=O)S)CC2)cc1.CC(C)C.CCC. The minimum absolute atomic E-state index is 0.00899. The summed E-state index contributed by atoms with van der Waals surface area (Å²) in [5, 5.41) is 15.8. The Balaban J connectivity index is 0.00000399. The third-order valence-electron chi connectivity index (χ3n) is 11.9. The summed E-state index contributed by atoms with van der Waals surface area (Å²) in [6.07, 6.45) is 4.82. The Kier molecular flexibility index (Phi) is 32.7. The highest BCUT2D eigenvalue weighted by atomic mass is 32.1. The van der Waals surface area contributed by atoms with Crippen molar-refractivity contribution in [1.29, 1.82) is 0 Å². The van der Waals surface area contributed by atoms with E-state index >= 15 is 0 Å². The summed E-state index contributed by atoms with van der Waals surface area (Å²) in [6.45, 7) is 20.5. The van der Waals surface area contributed by atoms with Crippen molar-refractivity contribution in [2.45, 2.75) is 151 Å². The van der Waals surface area contributed by atoms with Gasteiger partial charge in [0.15, 0.2) is 5.12 Å². The summed E-state index contributed by atoms with van der Waals surface area (Å²) in [5.74, 6) is -2.40. The Morgan fingerprint density at radius 3 is 1.91 bits per heavy atom. The van der Waals surface area contributed by atoms with Crippen molar-refractivity contribution in [2.75, 3.05) is 52.1 Å². The van der Waals surface area contributed by atoms with Crippen LogP contribution in [0.25, 0.3) is 0 Å². The first-order chi connectivity index (χ1) is 36.2. The Labute approximate surface area is 462 Å². The number of thiol groups is 1. The van der Waals surface area contributed by atoms with Crippen molar-refractivity contribution in [3.05, 3.63) is 77.4 Å². The molecule has 20 nitrogen and oxygen atoms in total. The fourth-order valence-corrected chi connectivity index (χ4v) is 8.15. The third-order valence-corrected chi connectivity index (χ3v) is 12.3. The second-order valence-electron chi connectivity index (χ2n) is 20.9. The number of urea groups is 1. The fraction of sp³-hybridized carbons (Fsp3) is 0.589. The molecule has 0 aliphatic carbocycles. The Morgan fingerprint density at radius 1 is 0.792 bits per heavy atom. The minimum Gasteiger partial charge on any atom is -0.352 e. The number of piperidine rings is 1. The number of hydrogen-bond acceptors (Lipinski definition) is 11. The minimum atomic E-state index is -1.05. The monoisotopic (exact) mass is 1090 g/mol. The van der Waals surface area contributed by atoms with E-state index in [4.69, 9.17) is 10.6 Å². The van der Waals surface area contributed by atoms with E-state index in [0.717, 1.165) is 11.5 Å². The lowest BCUT2D eigenvalue weighted by Crippen LogP contribution is -2.55. The predicted molar refractivity (Wildman–Crippen MR) is 304 cm³/mol. The molecule has 1 saturated heterocycles. The summed E-state index contributed by atoms with van der Waals surface area (Å²) >= 11 is 3.88. The number of nitrogens with two attached hydrogens (primary N) is 1. The number of hydroxylamine groups is 1. The average Bonchev–Trinajstić information content (AvgIpc) is 3.36. The fourth-order valence-electron chi connectivity index (χ4n) is 7.89. The topological polar surface area (TPSA) is 280 Å². The van der Waals surface area contributed by atoms with Gasteiger partial charge in [-0.05, 0) is 88.2 Å². The van der Waals surface area contributed by atoms with Crippen LogP contribution in [0.1, 0.15) is 132 Å². The van der Waals surface area contributed by atoms with Crippen LogP contribution in [0.15, 0.2) is 66.2 Å². The molecule has 1 fully saturated rings. The number of anilines is 1. The second kappa shape index (κ2) is 36.7. The van der Waals surface area contributed by atoms with Gasteiger partial charge in [0.1, 0.15) is 6.04 Å². The lowest BCUT2D eigenvalue weighted by molar-refractivity contribution is -0.134. The number of likely N-dealkylation sites (N-methyl/N-ethyl adjacent to an activating group) is 1. The van der Waals surface area contributed by atoms with E-state index in [1.54, 1.807) is 42.2 Å². The smallest absolute Gasteiger partial charge is 0.312 e. The van der Waals surface area contributed by atoms with Crippen LogP contribution in [-0.2, 0) is 55.2 Å². The van der Waals surface area contributed by atoms with Crippen molar-refractivity contribution < 1.29 is 48.0 Å². The lowest BCUT2D eigenvalue weighted by atomic mass is 9.76. The molecule has 430 valence electrons. The molecule has 2 aromatic rings. The zero-order valence-corrected chi connectivity index (χ0v) is 48.5. The largest absolute Gasteiger partial charge is 0.352 e. The normalized spacial score (nSPS) is 13.8. The molecule has 1 aliphatic rings. The molecule has 3 unspecified atom stereocenters. The van der Waals surface area contributed by atoms with Gasteiger partial charge in [0.2, 0.25) is 35.4 Å². The Bertz CT molecular complexity index is 2210. The first-order valence-electron chi connectivity index (χ1n) is 26.6. The van der Waals surface area contributed by atoms with Crippen molar-refractivity contribution in [1.82, 2.24) is 41.9 Å². The molecule has 1 aliphatic heterocycles. The van der Waals surface area contributed by atoms with Crippen LogP contribution in [-0.4, -0.2) is 127 Å². The standard InChI is InChI=1S/C49H72N10O10S.C4H10.C3H8/c1-31(2)38(56-41(62)29-53-46(66)43(58(6)7)49(4,5)35-13-9-8-10-14-35)27-32(3)44(64)57-69-30-33-18-20-36(21-19-33)54-45(65)37(15-12-24-51-48(50)68)55-40(61)28-52-39(60)16-11-17-42(63)59-25-22-34(23-26-59)47(67)70;1-4(2)3;1-3-2/h8-10,13-14,18-21,27,31,34,37-38,43H,11-12,15-17,22-26,28-30H2,1-7H3,(H,52,60)(H,53,66)(H,54,65)(H,55,61)(H,56,62)(H,57,64)(H,67,70)(H3,50,51,68);4H,1-3H3;3H2,1-2H3/b32-27+;;. The van der Waals surface area contributed by atoms with Gasteiger partial charge in [0, 0.05) is 55.1 Å². The Hall–Kier alpha value is -6.32. The number of likely N-dealkylation sites (tertiary alicyclic amines) is 1. The average molecular weight is 1100 g/mol. The molecule has 21 heteroatoms. The molecule has 0 radical (unpaired) electrons. The van der Waals surface area contributed by atoms with Crippen LogP contribution in [0.2, 0.25) is 0 Å². The molecule has 1 heterocycles. The predicted octanol–water partition coefficient (Wildman–Crippen LogP) is 5.28. The number of primary amides is 1. The van der Waals surface area contributed by atoms with E-state index in [0.29, 0.717) is 43.6 Å². The maximum atomic E-state index is 13.4. The quantitative estimate of drug-likeness (QED) is 0.0240. The third kappa shape index (κ3) is 28.0. The first kappa shape index (κ1) is 68.7. The van der Waals surface area contributed by atoms with Crippen LogP contribution < -0.4 is 43.1 Å². The maximum Gasteiger partial charge on any atom is 0.312 e. The lowest BCUT2D eigenvalue weighted by Gasteiger charge is -2.38. The van der Waals surface area contributed by atoms with E-state index in [-0.39, 0.29) is 79.7 Å². The summed E-state index contributed by atoms with van der Waals surface area (Å²) < 4.78 is 0. The van der Waals surface area contributed by atoms with Crippen molar-refractivity contribution >= 4 is 70.8 Å². The highest BCUT2D eigenvalue weighted by molar-refractivity contribution is 7.96. The van der Waals surface area contributed by atoms with E-state index in [2.05, 4.69) is 84.6 Å². The van der Waals surface area contributed by atoms with Gasteiger partial charge in [-0.3, -0.25) is 48.1 Å². The zero-order chi connectivity index (χ0) is 58.3. The van der Waals surface area contributed by atoms with Gasteiger partial charge in [-0.25, -0.2) is 10.3 Å². The van der Waals surface area contributed by atoms with Crippen molar-refractivity contribution in [3.8, 4) is 0 Å². The second-order valence-corrected chi connectivity index (χ2v) is 21.3. The van der Waals surface area contributed by atoms with Crippen LogP contribution in [0.3, 0.4) is 0 Å². The van der Waals surface area contributed by atoms with E-state index in [9.17, 15) is 43.2 Å². The summed E-state index contributed by atoms with van der Waals surface area (Å²) in [6, 6.07) is 13.4. The molecule has 77 heavy (non-hydrogen) atoms. The molecular weight excluding hydrogens is 1000 g/mol. The van der Waals surface area contributed by atoms with E-state index in [1.165, 1.54) is 6.42 Å². The molecule has 2 aromatic carbocycles. The van der Waals surface area contributed by atoms with Crippen LogP contribution in [0.4, 0.5) is 10.5 Å². The van der Waals surface area contributed by atoms with Crippen molar-refractivity contribution in [3.63, 3.8) is 0 Å². The number of carbonyl (C=O) groups excluding carboxylic acids is 9. The first-order valence-corrected chi connectivity index (χ1v) is 27.1. The van der Waals surface area contributed by atoms with Gasteiger partial charge < -0.3 is 42.5 Å². The van der Waals surface area contributed by atoms with E-state index < -0.39 is 65.7 Å². The van der Waals surface area contributed by atoms with E-state index in [1.807, 2.05) is 77.0 Å². The van der Waals surface area contributed by atoms with Gasteiger partial charge >= 0.3 is 6.03 Å². The highest BCUT2D eigenvalue weighted by Gasteiger charge is 2.38. The summed E-state index contributed by atoms with van der Waals surface area (Å²) in [7, 11) is 3.64. The number of amides is 9. The summed E-state index contributed by atoms with van der Waals surface area (Å²) in [4.78, 5) is 122. The highest BCUT2D eigenvalue weighted by Crippen LogP contribution is 2.30. The molecule has 0 aromatic heterocycles. The number of carbonyl (C=O) groups is 9. The molecule has 9 N–H and O–H groups in total. The van der Waals surface area contributed by atoms with Gasteiger partial charge in [0.25, 0.3) is 5.91 Å². The number of rotatable bonds is 27. The van der Waals surface area contributed by atoms with Crippen LogP contribution in [0.5, 0.6) is 0 Å². The number of nitrogens with zero attached hydrogens (tertiary/aromatic N) is 2. The molecule has 0 spiro atoms. The molecular formula is C56H90N10O10S. The molecule has 3 rings (SSSR count). The van der Waals surface area contributed by atoms with Gasteiger partial charge in [-0.1, -0.05) is 117 Å². The van der Waals surface area contributed by atoms with Crippen LogP contribution >= 0.6 is 12.6 Å². The molecule has 0 saturated carbocycles. The Morgan fingerprint density at radius 2 is 1.36 bits per heavy atom. The van der Waals surface area contributed by atoms with Crippen molar-refractivity contribution in [2.24, 2.45) is 23.5 Å². The number of nitrogens with one attached hydrogen (secondary N) is 7. The van der Waals surface area contributed by atoms with Gasteiger partial charge in [0.05, 0.1) is 31.8 Å².